The van der Waals surface area contributed by atoms with Crippen LogP contribution < -0.4 is 15.5 Å². The summed E-state index contributed by atoms with van der Waals surface area (Å²) in [5.74, 6) is 0. The average Bonchev–Trinajstić information content (AvgIpc) is 3.08. The number of carbonyl (C=O) groups excluding carboxylic acids is 1. The molecule has 0 radical (unpaired) electrons. The molecule has 1 aromatic heterocycles. The number of nitrogens with one attached hydrogen (secondary N) is 2. The molecule has 3 rings (SSSR count). The number of hydrogen-bond donors (Lipinski definition) is 2. The molecule has 5 nitrogen and oxygen atoms in total. The number of carbonyl (C=O) groups is 1. The van der Waals surface area contributed by atoms with Crippen LogP contribution in [0, 0.1) is 0 Å². The molecule has 1 aromatic carbocycles. The normalized spacial score (nSPS) is 17.8. The zero-order valence-corrected chi connectivity index (χ0v) is 12.8. The lowest BCUT2D eigenvalue weighted by atomic mass is 10.3. The fourth-order valence-electron chi connectivity index (χ4n) is 2.34. The third-order valence-electron chi connectivity index (χ3n) is 3.30. The fraction of sp³-hybridized carbons (Fsp3) is 0.286. The first kappa shape index (κ1) is 14.2. The summed E-state index contributed by atoms with van der Waals surface area (Å²) in [6.45, 7) is 1.70. The van der Waals surface area contributed by atoms with Crippen molar-refractivity contribution in [3.63, 3.8) is 0 Å². The van der Waals surface area contributed by atoms with Gasteiger partial charge in [-0.3, -0.25) is 0 Å². The number of hydrogen-bond acceptors (Lipinski definition) is 4. The third-order valence-corrected chi connectivity index (χ3v) is 4.36. The highest BCUT2D eigenvalue weighted by atomic mass is 35.5. The Bertz CT molecular complexity index is 619. The molecule has 2 N–H and O–H groups in total. The van der Waals surface area contributed by atoms with Crippen LogP contribution in [0.5, 0.6) is 0 Å². The second-order valence-electron chi connectivity index (χ2n) is 4.86. The summed E-state index contributed by atoms with van der Waals surface area (Å²) >= 11 is 7.51. The van der Waals surface area contributed by atoms with Gasteiger partial charge in [-0.05, 0) is 24.6 Å². The van der Waals surface area contributed by atoms with Crippen molar-refractivity contribution in [3.05, 3.63) is 40.9 Å². The number of amides is 2. The number of benzene rings is 1. The Kier molecular flexibility index (Phi) is 4.26. The van der Waals surface area contributed by atoms with E-state index < -0.39 is 0 Å². The molecule has 2 amide bonds. The van der Waals surface area contributed by atoms with Gasteiger partial charge in [0.05, 0.1) is 0 Å². The SMILES string of the molecule is O=C(Nc1cccc(Cl)c1)N[C@H]1CCN(c2nccs2)C1. The first-order valence-electron chi connectivity index (χ1n) is 6.68. The molecule has 1 aliphatic rings. The largest absolute Gasteiger partial charge is 0.346 e. The number of thiazole rings is 1. The predicted octanol–water partition coefficient (Wildman–Crippen LogP) is 3.20. The van der Waals surface area contributed by atoms with Crippen LogP contribution in [0.1, 0.15) is 6.42 Å². The van der Waals surface area contributed by atoms with Crippen LogP contribution in [0.15, 0.2) is 35.8 Å². The van der Waals surface area contributed by atoms with E-state index >= 15 is 0 Å². The van der Waals surface area contributed by atoms with Gasteiger partial charge in [-0.2, -0.15) is 0 Å². The van der Waals surface area contributed by atoms with E-state index in [4.69, 9.17) is 11.6 Å². The molecule has 110 valence electrons. The number of nitrogens with zero attached hydrogens (tertiary/aromatic N) is 2. The molecule has 0 aliphatic carbocycles. The minimum atomic E-state index is -0.205. The molecule has 1 saturated heterocycles. The lowest BCUT2D eigenvalue weighted by Gasteiger charge is -2.16. The Hall–Kier alpha value is -1.79. The van der Waals surface area contributed by atoms with E-state index in [1.54, 1.807) is 35.7 Å². The minimum Gasteiger partial charge on any atom is -0.346 e. The van der Waals surface area contributed by atoms with Crippen LogP contribution in [-0.2, 0) is 0 Å². The lowest BCUT2D eigenvalue weighted by molar-refractivity contribution is 0.249. The Morgan fingerprint density at radius 2 is 2.38 bits per heavy atom. The molecule has 0 saturated carbocycles. The Morgan fingerprint density at radius 1 is 1.48 bits per heavy atom. The Balaban J connectivity index is 1.52. The van der Waals surface area contributed by atoms with Crippen molar-refractivity contribution in [1.82, 2.24) is 10.3 Å². The van der Waals surface area contributed by atoms with Gasteiger partial charge < -0.3 is 15.5 Å². The van der Waals surface area contributed by atoms with Crippen LogP contribution in [0.25, 0.3) is 0 Å². The minimum absolute atomic E-state index is 0.132. The molecule has 7 heteroatoms. The zero-order chi connectivity index (χ0) is 14.7. The van der Waals surface area contributed by atoms with E-state index in [1.165, 1.54) is 0 Å². The van der Waals surface area contributed by atoms with E-state index in [-0.39, 0.29) is 12.1 Å². The van der Waals surface area contributed by atoms with Crippen molar-refractivity contribution in [2.75, 3.05) is 23.3 Å². The van der Waals surface area contributed by atoms with Gasteiger partial charge >= 0.3 is 6.03 Å². The highest BCUT2D eigenvalue weighted by molar-refractivity contribution is 7.13. The molecule has 0 bridgehead atoms. The predicted molar refractivity (Wildman–Crippen MR) is 86.3 cm³/mol. The van der Waals surface area contributed by atoms with Gasteiger partial charge in [0.15, 0.2) is 5.13 Å². The lowest BCUT2D eigenvalue weighted by Crippen LogP contribution is -2.39. The third kappa shape index (κ3) is 3.65. The maximum Gasteiger partial charge on any atom is 0.319 e. The smallest absolute Gasteiger partial charge is 0.319 e. The first-order valence-corrected chi connectivity index (χ1v) is 7.94. The Morgan fingerprint density at radius 3 is 3.14 bits per heavy atom. The van der Waals surface area contributed by atoms with Gasteiger partial charge in [0, 0.05) is 41.4 Å². The molecular formula is C14H15ClN4OS. The summed E-state index contributed by atoms with van der Waals surface area (Å²) in [5, 5.41) is 9.34. The quantitative estimate of drug-likeness (QED) is 0.912. The summed E-state index contributed by atoms with van der Waals surface area (Å²) < 4.78 is 0. The second kappa shape index (κ2) is 6.32. The van der Waals surface area contributed by atoms with E-state index in [2.05, 4.69) is 20.5 Å². The average molecular weight is 323 g/mol. The van der Waals surface area contributed by atoms with Gasteiger partial charge in [0.25, 0.3) is 0 Å². The van der Waals surface area contributed by atoms with E-state index in [0.29, 0.717) is 10.7 Å². The maximum atomic E-state index is 12.0. The molecule has 1 atom stereocenters. The van der Waals surface area contributed by atoms with Crippen LogP contribution in [0.4, 0.5) is 15.6 Å². The van der Waals surface area contributed by atoms with E-state index in [1.807, 2.05) is 11.4 Å². The number of urea groups is 1. The van der Waals surface area contributed by atoms with Gasteiger partial charge in [-0.1, -0.05) is 17.7 Å². The molecule has 2 aromatic rings. The van der Waals surface area contributed by atoms with Crippen LogP contribution in [0.2, 0.25) is 5.02 Å². The summed E-state index contributed by atoms with van der Waals surface area (Å²) in [5.41, 5.74) is 0.690. The summed E-state index contributed by atoms with van der Waals surface area (Å²) in [6, 6.07) is 7.03. The highest BCUT2D eigenvalue weighted by Gasteiger charge is 2.25. The molecule has 21 heavy (non-hydrogen) atoms. The standard InChI is InChI=1S/C14H15ClN4OS/c15-10-2-1-3-11(8-10)17-13(20)18-12-4-6-19(9-12)14-16-5-7-21-14/h1-3,5,7-8,12H,4,6,9H2,(H2,17,18,20)/t12-/m0/s1. The molecule has 1 fully saturated rings. The second-order valence-corrected chi connectivity index (χ2v) is 6.16. The molecule has 0 spiro atoms. The first-order chi connectivity index (χ1) is 10.2. The molecule has 2 heterocycles. The van der Waals surface area contributed by atoms with Crippen molar-refractivity contribution in [2.24, 2.45) is 0 Å². The number of halogens is 1. The van der Waals surface area contributed by atoms with Crippen LogP contribution in [0.3, 0.4) is 0 Å². The molecule has 1 aliphatic heterocycles. The van der Waals surface area contributed by atoms with Crippen molar-refractivity contribution < 1.29 is 4.79 Å². The van der Waals surface area contributed by atoms with E-state index in [0.717, 1.165) is 24.6 Å². The summed E-state index contributed by atoms with van der Waals surface area (Å²) in [4.78, 5) is 18.5. The van der Waals surface area contributed by atoms with Crippen LogP contribution in [-0.4, -0.2) is 30.1 Å². The number of anilines is 2. The fourth-order valence-corrected chi connectivity index (χ4v) is 3.21. The van der Waals surface area contributed by atoms with Crippen molar-refractivity contribution in [1.29, 1.82) is 0 Å². The van der Waals surface area contributed by atoms with Gasteiger partial charge in [0.2, 0.25) is 0 Å². The highest BCUT2D eigenvalue weighted by Crippen LogP contribution is 2.22. The van der Waals surface area contributed by atoms with Crippen molar-refractivity contribution in [3.8, 4) is 0 Å². The monoisotopic (exact) mass is 322 g/mol. The summed E-state index contributed by atoms with van der Waals surface area (Å²) in [6.07, 6.45) is 2.72. The number of aromatic nitrogens is 1. The topological polar surface area (TPSA) is 57.3 Å². The molecular weight excluding hydrogens is 308 g/mol. The number of rotatable bonds is 3. The molecule has 0 unspecified atom stereocenters. The van der Waals surface area contributed by atoms with Gasteiger partial charge in [-0.25, -0.2) is 9.78 Å². The van der Waals surface area contributed by atoms with Gasteiger partial charge in [-0.15, -0.1) is 11.3 Å². The maximum absolute atomic E-state index is 12.0. The zero-order valence-electron chi connectivity index (χ0n) is 11.3. The van der Waals surface area contributed by atoms with E-state index in [9.17, 15) is 4.79 Å². The van der Waals surface area contributed by atoms with Crippen molar-refractivity contribution >= 4 is 39.8 Å². The van der Waals surface area contributed by atoms with Crippen LogP contribution >= 0.6 is 22.9 Å². The summed E-state index contributed by atoms with van der Waals surface area (Å²) in [7, 11) is 0. The van der Waals surface area contributed by atoms with Gasteiger partial charge in [0.1, 0.15) is 0 Å². The van der Waals surface area contributed by atoms with Crippen molar-refractivity contribution in [2.45, 2.75) is 12.5 Å². The Labute approximate surface area is 131 Å².